The third-order valence-corrected chi connectivity index (χ3v) is 13.5. The fraction of sp³-hybridized carbons (Fsp3) is 0.194. The molecule has 0 bridgehead atoms. The zero-order chi connectivity index (χ0) is 46.4. The second-order valence-electron chi connectivity index (χ2n) is 18.6. The van der Waals surface area contributed by atoms with E-state index in [9.17, 15) is 0 Å². The van der Waals surface area contributed by atoms with Crippen molar-refractivity contribution in [2.75, 3.05) is 52.9 Å². The normalized spacial score (nSPS) is 18.6. The first kappa shape index (κ1) is 42.6. The molecule has 0 radical (unpaired) electrons. The van der Waals surface area contributed by atoms with Crippen LogP contribution < -0.4 is 18.9 Å². The maximum Gasteiger partial charge on any atom is 0.119 e. The third-order valence-electron chi connectivity index (χ3n) is 13.5. The van der Waals surface area contributed by atoms with Crippen molar-refractivity contribution in [1.29, 1.82) is 0 Å². The molecule has 346 valence electrons. The highest BCUT2D eigenvalue weighted by Gasteiger charge is 2.26. The summed E-state index contributed by atoms with van der Waals surface area (Å²) in [6, 6.07) is 65.4. The van der Waals surface area contributed by atoms with Crippen LogP contribution >= 0.6 is 0 Å². The Bertz CT molecular complexity index is 2900. The van der Waals surface area contributed by atoms with Crippen molar-refractivity contribution in [2.24, 2.45) is 0 Å². The Balaban J connectivity index is 0.948. The third kappa shape index (κ3) is 9.47. The molecular formula is C62H50O8. The van der Waals surface area contributed by atoms with Gasteiger partial charge in [0.15, 0.2) is 0 Å². The summed E-state index contributed by atoms with van der Waals surface area (Å²) >= 11 is 0. The van der Waals surface area contributed by atoms with Crippen LogP contribution in [0.15, 0.2) is 182 Å². The van der Waals surface area contributed by atoms with Gasteiger partial charge in [0.1, 0.15) is 73.8 Å². The van der Waals surface area contributed by atoms with E-state index in [0.29, 0.717) is 26.4 Å². The van der Waals surface area contributed by atoms with Crippen LogP contribution in [0, 0.1) is 0 Å². The van der Waals surface area contributed by atoms with Gasteiger partial charge in [0.25, 0.3) is 0 Å². The van der Waals surface area contributed by atoms with Gasteiger partial charge in [-0.05, 0) is 173 Å². The second-order valence-corrected chi connectivity index (χ2v) is 18.6. The quantitative estimate of drug-likeness (QED) is 0.0621. The van der Waals surface area contributed by atoms with Crippen LogP contribution in [0.2, 0.25) is 0 Å². The average Bonchev–Trinajstić information content (AvgIpc) is 4.19. The number of epoxide rings is 4. The van der Waals surface area contributed by atoms with E-state index in [1.54, 1.807) is 0 Å². The summed E-state index contributed by atoms with van der Waals surface area (Å²) in [6.45, 7) is 5.29. The standard InChI is InChI=1S/C62H50O8/c1-2-6-58-57(5-1)61(47-27-43(39-9-17-49(18-10-39)63-31-53-35-67-53)25-44(28-47)40-11-19-50(20-12-40)64-32-54-36-68-54)59-7-3-4-8-60(59)62(58)48-29-45(41-13-21-51(22-14-41)65-33-55-37-69-55)26-46(30-48)42-15-23-52(24-16-42)66-34-56-38-70-56/h1-30,53-56H,31-38H2. The van der Waals surface area contributed by atoms with Crippen LogP contribution in [0.3, 0.4) is 0 Å². The summed E-state index contributed by atoms with van der Waals surface area (Å²) in [5.74, 6) is 3.33. The summed E-state index contributed by atoms with van der Waals surface area (Å²) in [5, 5.41) is 4.69. The fourth-order valence-electron chi connectivity index (χ4n) is 9.35. The molecule has 4 aliphatic heterocycles. The van der Waals surface area contributed by atoms with Crippen molar-refractivity contribution < 1.29 is 37.9 Å². The van der Waals surface area contributed by atoms with Crippen LogP contribution in [-0.2, 0) is 18.9 Å². The Morgan fingerprint density at radius 2 is 0.486 bits per heavy atom. The van der Waals surface area contributed by atoms with Gasteiger partial charge in [-0.2, -0.15) is 0 Å². The molecule has 4 heterocycles. The van der Waals surface area contributed by atoms with Gasteiger partial charge in [0, 0.05) is 0 Å². The van der Waals surface area contributed by atoms with Crippen molar-refractivity contribution in [3.05, 3.63) is 182 Å². The van der Waals surface area contributed by atoms with Gasteiger partial charge in [-0.3, -0.25) is 0 Å². The predicted molar refractivity (Wildman–Crippen MR) is 275 cm³/mol. The molecule has 4 saturated heterocycles. The molecular weight excluding hydrogens is 873 g/mol. The molecule has 0 amide bonds. The Hall–Kier alpha value is -7.46. The molecule has 13 rings (SSSR count). The summed E-state index contributed by atoms with van der Waals surface area (Å²) in [4.78, 5) is 0. The minimum absolute atomic E-state index is 0.190. The smallest absolute Gasteiger partial charge is 0.119 e. The molecule has 4 atom stereocenters. The monoisotopic (exact) mass is 922 g/mol. The van der Waals surface area contributed by atoms with Crippen molar-refractivity contribution in [3.63, 3.8) is 0 Å². The zero-order valence-corrected chi connectivity index (χ0v) is 38.6. The van der Waals surface area contributed by atoms with Gasteiger partial charge in [-0.15, -0.1) is 0 Å². The highest BCUT2D eigenvalue weighted by Crippen LogP contribution is 2.47. The molecule has 9 aromatic carbocycles. The van der Waals surface area contributed by atoms with Gasteiger partial charge < -0.3 is 37.9 Å². The van der Waals surface area contributed by atoms with Crippen LogP contribution in [0.4, 0.5) is 0 Å². The molecule has 4 aliphatic rings. The molecule has 0 N–H and O–H groups in total. The van der Waals surface area contributed by atoms with Gasteiger partial charge in [0.05, 0.1) is 26.4 Å². The molecule has 0 aromatic heterocycles. The van der Waals surface area contributed by atoms with Crippen molar-refractivity contribution in [3.8, 4) is 89.8 Å². The largest absolute Gasteiger partial charge is 0.491 e. The summed E-state index contributed by atoms with van der Waals surface area (Å²) in [6.07, 6.45) is 0.762. The number of benzene rings is 9. The van der Waals surface area contributed by atoms with Gasteiger partial charge in [-0.1, -0.05) is 97.1 Å². The molecule has 0 saturated carbocycles. The number of hydrogen-bond acceptors (Lipinski definition) is 8. The number of ether oxygens (including phenoxy) is 8. The first-order chi connectivity index (χ1) is 34.6. The van der Waals surface area contributed by atoms with E-state index in [2.05, 4.69) is 182 Å². The summed E-state index contributed by atoms with van der Waals surface area (Å²) in [7, 11) is 0. The van der Waals surface area contributed by atoms with E-state index in [1.165, 1.54) is 32.7 Å². The van der Waals surface area contributed by atoms with Crippen molar-refractivity contribution in [2.45, 2.75) is 24.4 Å². The van der Waals surface area contributed by atoms with Crippen molar-refractivity contribution in [1.82, 2.24) is 0 Å². The first-order valence-corrected chi connectivity index (χ1v) is 24.2. The Morgan fingerprint density at radius 1 is 0.271 bits per heavy atom. The number of hydrogen-bond donors (Lipinski definition) is 0. The van der Waals surface area contributed by atoms with E-state index >= 15 is 0 Å². The predicted octanol–water partition coefficient (Wildman–Crippen LogP) is 13.1. The number of rotatable bonds is 18. The lowest BCUT2D eigenvalue weighted by Gasteiger charge is -2.20. The summed E-state index contributed by atoms with van der Waals surface area (Å²) in [5.41, 5.74) is 13.5. The SMILES string of the molecule is c1ccc2c(-c3cc(-c4ccc(OCC5CO5)cc4)cc(-c4ccc(OCC5CO5)cc4)c3)c3ccccc3c(-c3cc(-c4ccc(OCC5CO5)cc4)cc(-c4ccc(OCC5CO5)cc4)c3)c2c1. The van der Waals surface area contributed by atoms with Gasteiger partial charge in [-0.25, -0.2) is 0 Å². The minimum Gasteiger partial charge on any atom is -0.491 e. The molecule has 0 spiro atoms. The van der Waals surface area contributed by atoms with Crippen LogP contribution in [0.5, 0.6) is 23.0 Å². The van der Waals surface area contributed by atoms with Gasteiger partial charge >= 0.3 is 0 Å². The minimum atomic E-state index is 0.190. The molecule has 8 nitrogen and oxygen atoms in total. The number of fused-ring (bicyclic) bond motifs is 2. The van der Waals surface area contributed by atoms with E-state index < -0.39 is 0 Å². The maximum atomic E-state index is 6.05. The molecule has 0 aliphatic carbocycles. The lowest BCUT2D eigenvalue weighted by atomic mass is 9.83. The highest BCUT2D eigenvalue weighted by atomic mass is 16.6. The Morgan fingerprint density at radius 3 is 0.700 bits per heavy atom. The lowest BCUT2D eigenvalue weighted by Crippen LogP contribution is -2.03. The lowest BCUT2D eigenvalue weighted by molar-refractivity contribution is 0.263. The van der Waals surface area contributed by atoms with Crippen molar-refractivity contribution >= 4 is 21.5 Å². The Kier molecular flexibility index (Phi) is 11.2. The van der Waals surface area contributed by atoms with E-state index in [1.807, 2.05) is 0 Å². The van der Waals surface area contributed by atoms with Crippen LogP contribution in [-0.4, -0.2) is 77.3 Å². The van der Waals surface area contributed by atoms with E-state index in [4.69, 9.17) is 37.9 Å². The zero-order valence-electron chi connectivity index (χ0n) is 38.6. The van der Waals surface area contributed by atoms with Crippen LogP contribution in [0.25, 0.3) is 88.3 Å². The highest BCUT2D eigenvalue weighted by molar-refractivity contribution is 6.22. The molecule has 4 unspecified atom stereocenters. The first-order valence-electron chi connectivity index (χ1n) is 24.2. The van der Waals surface area contributed by atoms with E-state index in [0.717, 1.165) is 105 Å². The average molecular weight is 923 g/mol. The van der Waals surface area contributed by atoms with Crippen LogP contribution in [0.1, 0.15) is 0 Å². The maximum absolute atomic E-state index is 6.05. The van der Waals surface area contributed by atoms with E-state index in [-0.39, 0.29) is 24.4 Å². The topological polar surface area (TPSA) is 87.0 Å². The summed E-state index contributed by atoms with van der Waals surface area (Å²) < 4.78 is 45.8. The molecule has 70 heavy (non-hydrogen) atoms. The second kappa shape index (κ2) is 18.5. The Labute approximate surface area is 406 Å². The molecule has 8 heteroatoms. The molecule has 9 aromatic rings. The fourth-order valence-corrected chi connectivity index (χ4v) is 9.35. The van der Waals surface area contributed by atoms with Gasteiger partial charge in [0.2, 0.25) is 0 Å². The molecule has 4 fully saturated rings.